The molecule has 1 aliphatic carbocycles. The minimum absolute atomic E-state index is 0.130. The summed E-state index contributed by atoms with van der Waals surface area (Å²) in [5.74, 6) is 0.206. The van der Waals surface area contributed by atoms with E-state index in [2.05, 4.69) is 4.72 Å². The van der Waals surface area contributed by atoms with Crippen LogP contribution >= 0.6 is 0 Å². The van der Waals surface area contributed by atoms with Crippen LogP contribution in [0.15, 0.2) is 24.3 Å². The number of para-hydroxylation sites is 1. The molecule has 0 radical (unpaired) electrons. The minimum Gasteiger partial charge on any atom is -0.330 e. The highest BCUT2D eigenvalue weighted by Crippen LogP contribution is 2.39. The highest BCUT2D eigenvalue weighted by Gasteiger charge is 2.37. The predicted octanol–water partition coefficient (Wildman–Crippen LogP) is 0.936. The fourth-order valence-electron chi connectivity index (χ4n) is 2.61. The third-order valence-electron chi connectivity index (χ3n) is 3.73. The monoisotopic (exact) mass is 281 g/mol. The molecule has 1 aliphatic heterocycles. The zero-order valence-corrected chi connectivity index (χ0v) is 11.6. The van der Waals surface area contributed by atoms with Gasteiger partial charge in [0.25, 0.3) is 0 Å². The molecule has 1 aromatic carbocycles. The number of fused-ring (bicyclic) bond motifs is 1. The van der Waals surface area contributed by atoms with Crippen molar-refractivity contribution in [2.75, 3.05) is 17.4 Å². The average Bonchev–Trinajstić information content (AvgIpc) is 3.09. The molecule has 0 amide bonds. The summed E-state index contributed by atoms with van der Waals surface area (Å²) in [7, 11) is -3.42. The van der Waals surface area contributed by atoms with E-state index < -0.39 is 10.2 Å². The summed E-state index contributed by atoms with van der Waals surface area (Å²) in [5.41, 5.74) is 7.52. The summed E-state index contributed by atoms with van der Waals surface area (Å²) in [4.78, 5) is 0. The van der Waals surface area contributed by atoms with Gasteiger partial charge in [0, 0.05) is 18.5 Å². The lowest BCUT2D eigenvalue weighted by molar-refractivity contribution is 0.572. The lowest BCUT2D eigenvalue weighted by Gasteiger charge is -2.20. The first-order valence-electron chi connectivity index (χ1n) is 6.71. The number of anilines is 1. The van der Waals surface area contributed by atoms with Gasteiger partial charge in [0.1, 0.15) is 0 Å². The molecule has 1 heterocycles. The van der Waals surface area contributed by atoms with Crippen molar-refractivity contribution in [3.63, 3.8) is 0 Å². The summed E-state index contributed by atoms with van der Waals surface area (Å²) in [6.45, 7) is 1.07. The van der Waals surface area contributed by atoms with E-state index in [1.807, 2.05) is 24.3 Å². The maximum absolute atomic E-state index is 12.4. The van der Waals surface area contributed by atoms with Crippen molar-refractivity contribution in [2.24, 2.45) is 5.73 Å². The first-order valence-corrected chi connectivity index (χ1v) is 8.15. The van der Waals surface area contributed by atoms with Gasteiger partial charge in [-0.2, -0.15) is 13.1 Å². The van der Waals surface area contributed by atoms with Crippen molar-refractivity contribution < 1.29 is 8.42 Å². The highest BCUT2D eigenvalue weighted by atomic mass is 32.2. The van der Waals surface area contributed by atoms with Crippen LogP contribution in [0.2, 0.25) is 0 Å². The summed E-state index contributed by atoms with van der Waals surface area (Å²) in [6, 6.07) is 7.84. The van der Waals surface area contributed by atoms with Crippen molar-refractivity contribution in [3.8, 4) is 0 Å². The van der Waals surface area contributed by atoms with Gasteiger partial charge in [-0.15, -0.1) is 0 Å². The second-order valence-electron chi connectivity index (χ2n) is 5.26. The molecular weight excluding hydrogens is 262 g/mol. The standard InChI is InChI=1S/C13H19N3O2S/c14-8-7-10-9-16(13-4-2-1-3-12(10)13)19(17,18)15-11-5-6-11/h1-4,10-11,15H,5-9,14H2. The smallest absolute Gasteiger partial charge is 0.301 e. The fraction of sp³-hybridized carbons (Fsp3) is 0.538. The third-order valence-corrected chi connectivity index (χ3v) is 5.29. The minimum atomic E-state index is -3.42. The molecule has 19 heavy (non-hydrogen) atoms. The van der Waals surface area contributed by atoms with Gasteiger partial charge in [-0.3, -0.25) is 4.31 Å². The van der Waals surface area contributed by atoms with Crippen LogP contribution in [0.25, 0.3) is 0 Å². The molecule has 1 fully saturated rings. The molecule has 1 aromatic rings. The Morgan fingerprint density at radius 2 is 2.05 bits per heavy atom. The number of hydrogen-bond donors (Lipinski definition) is 2. The Hall–Kier alpha value is -1.11. The van der Waals surface area contributed by atoms with Gasteiger partial charge >= 0.3 is 10.2 Å². The van der Waals surface area contributed by atoms with Crippen molar-refractivity contribution in [1.82, 2.24) is 4.72 Å². The Bertz CT molecular complexity index is 569. The average molecular weight is 281 g/mol. The third kappa shape index (κ3) is 2.48. The van der Waals surface area contributed by atoms with Gasteiger partial charge in [0.2, 0.25) is 0 Å². The number of rotatable bonds is 5. The van der Waals surface area contributed by atoms with E-state index in [-0.39, 0.29) is 12.0 Å². The molecule has 1 unspecified atom stereocenters. The topological polar surface area (TPSA) is 75.4 Å². The van der Waals surface area contributed by atoms with Crippen molar-refractivity contribution in [1.29, 1.82) is 0 Å². The molecule has 6 heteroatoms. The molecule has 0 aromatic heterocycles. The molecular formula is C13H19N3O2S. The van der Waals surface area contributed by atoms with Crippen LogP contribution < -0.4 is 14.8 Å². The molecule has 0 spiro atoms. The van der Waals surface area contributed by atoms with Gasteiger partial charge in [0.05, 0.1) is 5.69 Å². The van der Waals surface area contributed by atoms with Crippen LogP contribution in [-0.2, 0) is 10.2 Å². The normalized spacial score (nSPS) is 22.6. The van der Waals surface area contributed by atoms with E-state index in [1.165, 1.54) is 4.31 Å². The zero-order chi connectivity index (χ0) is 13.5. The van der Waals surface area contributed by atoms with Gasteiger partial charge in [-0.25, -0.2) is 0 Å². The van der Waals surface area contributed by atoms with Gasteiger partial charge in [0.15, 0.2) is 0 Å². The molecule has 3 rings (SSSR count). The summed E-state index contributed by atoms with van der Waals surface area (Å²) in [5, 5.41) is 0. The second kappa shape index (κ2) is 4.77. The molecule has 1 atom stereocenters. The van der Waals surface area contributed by atoms with E-state index in [4.69, 9.17) is 5.73 Å². The molecule has 3 N–H and O–H groups in total. The number of benzene rings is 1. The predicted molar refractivity (Wildman–Crippen MR) is 75.3 cm³/mol. The first-order chi connectivity index (χ1) is 9.12. The molecule has 104 valence electrons. The Labute approximate surface area is 114 Å². The fourth-order valence-corrected chi connectivity index (χ4v) is 4.19. The number of nitrogens with two attached hydrogens (primary N) is 1. The van der Waals surface area contributed by atoms with Crippen LogP contribution in [0.1, 0.15) is 30.7 Å². The number of nitrogens with one attached hydrogen (secondary N) is 1. The van der Waals surface area contributed by atoms with Crippen molar-refractivity contribution in [2.45, 2.75) is 31.2 Å². The maximum Gasteiger partial charge on any atom is 0.301 e. The van der Waals surface area contributed by atoms with Crippen LogP contribution in [0.3, 0.4) is 0 Å². The van der Waals surface area contributed by atoms with Crippen LogP contribution in [0.4, 0.5) is 5.69 Å². The van der Waals surface area contributed by atoms with Crippen molar-refractivity contribution in [3.05, 3.63) is 29.8 Å². The SMILES string of the molecule is NCCC1CN(S(=O)(=O)NC2CC2)c2ccccc21. The lowest BCUT2D eigenvalue weighted by Crippen LogP contribution is -2.41. The van der Waals surface area contributed by atoms with Crippen LogP contribution in [0.5, 0.6) is 0 Å². The highest BCUT2D eigenvalue weighted by molar-refractivity contribution is 7.90. The number of nitrogens with zero attached hydrogens (tertiary/aromatic N) is 1. The summed E-state index contributed by atoms with van der Waals surface area (Å²) in [6.07, 6.45) is 2.70. The lowest BCUT2D eigenvalue weighted by atomic mass is 9.98. The van der Waals surface area contributed by atoms with E-state index in [9.17, 15) is 8.42 Å². The Kier molecular flexibility index (Phi) is 3.24. The Morgan fingerprint density at radius 3 is 2.74 bits per heavy atom. The van der Waals surface area contributed by atoms with E-state index >= 15 is 0 Å². The first kappa shape index (κ1) is 12.9. The van der Waals surface area contributed by atoms with Gasteiger partial charge in [-0.1, -0.05) is 18.2 Å². The second-order valence-corrected chi connectivity index (χ2v) is 6.89. The largest absolute Gasteiger partial charge is 0.330 e. The summed E-state index contributed by atoms with van der Waals surface area (Å²) >= 11 is 0. The van der Waals surface area contributed by atoms with E-state index in [0.717, 1.165) is 30.5 Å². The molecule has 0 bridgehead atoms. The molecule has 2 aliphatic rings. The Morgan fingerprint density at radius 1 is 1.32 bits per heavy atom. The molecule has 0 saturated heterocycles. The van der Waals surface area contributed by atoms with E-state index in [0.29, 0.717) is 13.1 Å². The molecule has 1 saturated carbocycles. The summed E-state index contributed by atoms with van der Waals surface area (Å²) < 4.78 is 29.0. The van der Waals surface area contributed by atoms with Crippen LogP contribution in [0, 0.1) is 0 Å². The quantitative estimate of drug-likeness (QED) is 0.843. The molecule has 5 nitrogen and oxygen atoms in total. The van der Waals surface area contributed by atoms with E-state index in [1.54, 1.807) is 0 Å². The van der Waals surface area contributed by atoms with Gasteiger partial charge < -0.3 is 5.73 Å². The van der Waals surface area contributed by atoms with Crippen molar-refractivity contribution >= 4 is 15.9 Å². The van der Waals surface area contributed by atoms with Gasteiger partial charge in [-0.05, 0) is 37.4 Å². The zero-order valence-electron chi connectivity index (χ0n) is 10.7. The maximum atomic E-state index is 12.4. The van der Waals surface area contributed by atoms with Crippen LogP contribution in [-0.4, -0.2) is 27.5 Å². The number of hydrogen-bond acceptors (Lipinski definition) is 3. The Balaban J connectivity index is 1.91.